The second-order valence-electron chi connectivity index (χ2n) is 3.77. The molecule has 0 aliphatic heterocycles. The minimum Gasteiger partial charge on any atom is -0.487 e. The number of aryl methyl sites for hydroxylation is 1. The second kappa shape index (κ2) is 5.42. The van der Waals surface area contributed by atoms with Gasteiger partial charge in [-0.15, -0.1) is 11.3 Å². The number of hydrogen-bond donors (Lipinski definition) is 1. The van der Waals surface area contributed by atoms with Crippen molar-refractivity contribution in [3.05, 3.63) is 50.7 Å². The minimum absolute atomic E-state index is 0.237. The number of carboxylic acids is 1. The SMILES string of the molecule is Cc1cc(OCc2ccc(Cl)cc2)c(C(=O)O)s1. The zero-order valence-electron chi connectivity index (χ0n) is 9.64. The number of rotatable bonds is 4. The van der Waals surface area contributed by atoms with Gasteiger partial charge in [0.15, 0.2) is 4.88 Å². The molecular weight excluding hydrogens is 272 g/mol. The summed E-state index contributed by atoms with van der Waals surface area (Å²) in [7, 11) is 0. The molecule has 0 saturated heterocycles. The Hall–Kier alpha value is -1.52. The van der Waals surface area contributed by atoms with Crippen molar-refractivity contribution in [2.75, 3.05) is 0 Å². The lowest BCUT2D eigenvalue weighted by molar-refractivity contribution is 0.0697. The van der Waals surface area contributed by atoms with E-state index in [4.69, 9.17) is 21.4 Å². The Labute approximate surface area is 114 Å². The molecule has 5 heteroatoms. The van der Waals surface area contributed by atoms with Gasteiger partial charge in [0.25, 0.3) is 0 Å². The van der Waals surface area contributed by atoms with Crippen LogP contribution in [-0.4, -0.2) is 11.1 Å². The van der Waals surface area contributed by atoms with E-state index in [1.165, 1.54) is 11.3 Å². The highest BCUT2D eigenvalue weighted by Crippen LogP contribution is 2.29. The maximum absolute atomic E-state index is 11.0. The second-order valence-corrected chi connectivity index (χ2v) is 5.46. The molecule has 1 aromatic carbocycles. The summed E-state index contributed by atoms with van der Waals surface area (Å²) in [5.41, 5.74) is 0.944. The topological polar surface area (TPSA) is 46.5 Å². The molecule has 18 heavy (non-hydrogen) atoms. The van der Waals surface area contributed by atoms with Crippen molar-refractivity contribution in [1.82, 2.24) is 0 Å². The number of thiophene rings is 1. The predicted octanol–water partition coefficient (Wildman–Crippen LogP) is 3.99. The Kier molecular flexibility index (Phi) is 3.89. The molecule has 1 N–H and O–H groups in total. The third kappa shape index (κ3) is 3.03. The molecule has 0 radical (unpaired) electrons. The molecule has 0 saturated carbocycles. The average molecular weight is 283 g/mol. The van der Waals surface area contributed by atoms with Crippen LogP contribution in [0.5, 0.6) is 5.75 Å². The van der Waals surface area contributed by atoms with E-state index in [2.05, 4.69) is 0 Å². The van der Waals surface area contributed by atoms with Crippen molar-refractivity contribution in [3.63, 3.8) is 0 Å². The third-order valence-electron chi connectivity index (χ3n) is 2.32. The summed E-state index contributed by atoms with van der Waals surface area (Å²) in [6.07, 6.45) is 0. The summed E-state index contributed by atoms with van der Waals surface area (Å²) in [4.78, 5) is 12.2. The molecule has 0 amide bonds. The van der Waals surface area contributed by atoms with Crippen molar-refractivity contribution >= 4 is 28.9 Å². The van der Waals surface area contributed by atoms with E-state index >= 15 is 0 Å². The lowest BCUT2D eigenvalue weighted by Gasteiger charge is -2.05. The maximum Gasteiger partial charge on any atom is 0.349 e. The van der Waals surface area contributed by atoms with Crippen LogP contribution in [0.15, 0.2) is 30.3 Å². The molecule has 0 aliphatic carbocycles. The molecule has 2 aromatic rings. The average Bonchev–Trinajstić information content (AvgIpc) is 2.70. The van der Waals surface area contributed by atoms with Crippen molar-refractivity contribution in [1.29, 1.82) is 0 Å². The lowest BCUT2D eigenvalue weighted by Crippen LogP contribution is -1.99. The van der Waals surface area contributed by atoms with Crippen LogP contribution in [0.25, 0.3) is 0 Å². The van der Waals surface area contributed by atoms with Gasteiger partial charge in [0.05, 0.1) is 0 Å². The predicted molar refractivity (Wildman–Crippen MR) is 71.8 cm³/mol. The van der Waals surface area contributed by atoms with Gasteiger partial charge >= 0.3 is 5.97 Å². The van der Waals surface area contributed by atoms with Gasteiger partial charge in [0.1, 0.15) is 12.4 Å². The van der Waals surface area contributed by atoms with E-state index in [-0.39, 0.29) is 4.88 Å². The molecule has 3 nitrogen and oxygen atoms in total. The first-order valence-electron chi connectivity index (χ1n) is 5.27. The van der Waals surface area contributed by atoms with E-state index in [0.29, 0.717) is 17.4 Å². The number of aromatic carboxylic acids is 1. The molecule has 1 heterocycles. The Bertz CT molecular complexity index is 560. The number of ether oxygens (including phenoxy) is 1. The summed E-state index contributed by atoms with van der Waals surface area (Å²) >= 11 is 7.00. The van der Waals surface area contributed by atoms with E-state index < -0.39 is 5.97 Å². The fourth-order valence-corrected chi connectivity index (χ4v) is 2.41. The molecular formula is C13H11ClO3S. The highest BCUT2D eigenvalue weighted by molar-refractivity contribution is 7.14. The number of carbonyl (C=O) groups is 1. The Morgan fingerprint density at radius 1 is 1.39 bits per heavy atom. The first kappa shape index (κ1) is 12.9. The van der Waals surface area contributed by atoms with Crippen molar-refractivity contribution < 1.29 is 14.6 Å². The molecule has 0 aliphatic rings. The van der Waals surface area contributed by atoms with Gasteiger partial charge in [0, 0.05) is 9.90 Å². The smallest absolute Gasteiger partial charge is 0.349 e. The first-order chi connectivity index (χ1) is 8.56. The van der Waals surface area contributed by atoms with Crippen LogP contribution in [0, 0.1) is 6.92 Å². The van der Waals surface area contributed by atoms with E-state index in [9.17, 15) is 4.79 Å². The van der Waals surface area contributed by atoms with Gasteiger partial charge in [-0.05, 0) is 30.7 Å². The van der Waals surface area contributed by atoms with Gasteiger partial charge in [-0.1, -0.05) is 23.7 Å². The largest absolute Gasteiger partial charge is 0.487 e. The van der Waals surface area contributed by atoms with Crippen LogP contribution in [0.4, 0.5) is 0 Å². The van der Waals surface area contributed by atoms with Crippen LogP contribution in [0.2, 0.25) is 5.02 Å². The van der Waals surface area contributed by atoms with Gasteiger partial charge in [-0.25, -0.2) is 4.79 Å². The number of benzene rings is 1. The summed E-state index contributed by atoms with van der Waals surface area (Å²) < 4.78 is 5.53. The zero-order chi connectivity index (χ0) is 13.1. The summed E-state index contributed by atoms with van der Waals surface area (Å²) in [5, 5.41) is 9.69. The normalized spacial score (nSPS) is 10.3. The van der Waals surface area contributed by atoms with Crippen molar-refractivity contribution in [2.24, 2.45) is 0 Å². The Morgan fingerprint density at radius 3 is 2.67 bits per heavy atom. The van der Waals surface area contributed by atoms with Gasteiger partial charge in [0.2, 0.25) is 0 Å². The molecule has 0 spiro atoms. The fraction of sp³-hybridized carbons (Fsp3) is 0.154. The van der Waals surface area contributed by atoms with E-state index in [1.54, 1.807) is 18.2 Å². The standard InChI is InChI=1S/C13H11ClO3S/c1-8-6-11(12(18-8)13(15)16)17-7-9-2-4-10(14)5-3-9/h2-6H,7H2,1H3,(H,15,16). The maximum atomic E-state index is 11.0. The highest BCUT2D eigenvalue weighted by atomic mass is 35.5. The van der Waals surface area contributed by atoms with Gasteiger partial charge < -0.3 is 9.84 Å². The highest BCUT2D eigenvalue weighted by Gasteiger charge is 2.15. The minimum atomic E-state index is -0.959. The number of halogens is 1. The van der Waals surface area contributed by atoms with Gasteiger partial charge in [-0.2, -0.15) is 0 Å². The lowest BCUT2D eigenvalue weighted by atomic mass is 10.2. The number of carboxylic acid groups (broad SMARTS) is 1. The monoisotopic (exact) mass is 282 g/mol. The zero-order valence-corrected chi connectivity index (χ0v) is 11.2. The Morgan fingerprint density at radius 2 is 2.06 bits per heavy atom. The quantitative estimate of drug-likeness (QED) is 0.922. The van der Waals surface area contributed by atoms with Crippen LogP contribution in [0.1, 0.15) is 20.1 Å². The Balaban J connectivity index is 2.10. The molecule has 2 rings (SSSR count). The molecule has 0 fully saturated rings. The molecule has 0 bridgehead atoms. The molecule has 94 valence electrons. The summed E-state index contributed by atoms with van der Waals surface area (Å²) in [6.45, 7) is 2.18. The summed E-state index contributed by atoms with van der Waals surface area (Å²) in [6, 6.07) is 8.99. The van der Waals surface area contributed by atoms with Crippen molar-refractivity contribution in [2.45, 2.75) is 13.5 Å². The molecule has 0 atom stereocenters. The first-order valence-corrected chi connectivity index (χ1v) is 6.46. The molecule has 0 unspecified atom stereocenters. The number of hydrogen-bond acceptors (Lipinski definition) is 3. The van der Waals surface area contributed by atoms with E-state index in [1.807, 2.05) is 19.1 Å². The van der Waals surface area contributed by atoms with Crippen molar-refractivity contribution in [3.8, 4) is 5.75 Å². The van der Waals surface area contributed by atoms with Crippen LogP contribution in [-0.2, 0) is 6.61 Å². The van der Waals surface area contributed by atoms with E-state index in [0.717, 1.165) is 10.4 Å². The van der Waals surface area contributed by atoms with Crippen LogP contribution >= 0.6 is 22.9 Å². The summed E-state index contributed by atoms with van der Waals surface area (Å²) in [5.74, 6) is -0.542. The fourth-order valence-electron chi connectivity index (χ4n) is 1.49. The van der Waals surface area contributed by atoms with Crippen LogP contribution < -0.4 is 4.74 Å². The van der Waals surface area contributed by atoms with Crippen LogP contribution in [0.3, 0.4) is 0 Å². The van der Waals surface area contributed by atoms with Gasteiger partial charge in [-0.3, -0.25) is 0 Å². The molecule has 1 aromatic heterocycles. The third-order valence-corrected chi connectivity index (χ3v) is 3.59.